The number of hydrogen-bond acceptors (Lipinski definition) is 6. The van der Waals surface area contributed by atoms with Gasteiger partial charge in [-0.2, -0.15) is 0 Å². The molecule has 140 valence electrons. The van der Waals surface area contributed by atoms with Crippen LogP contribution in [0.5, 0.6) is 0 Å². The van der Waals surface area contributed by atoms with E-state index in [0.29, 0.717) is 17.8 Å². The summed E-state index contributed by atoms with van der Waals surface area (Å²) in [5, 5.41) is 10.9. The van der Waals surface area contributed by atoms with E-state index in [9.17, 15) is 8.42 Å². The van der Waals surface area contributed by atoms with Crippen molar-refractivity contribution < 1.29 is 8.42 Å². The van der Waals surface area contributed by atoms with Crippen LogP contribution in [0, 0.1) is 0 Å². The van der Waals surface area contributed by atoms with Crippen molar-refractivity contribution in [3.63, 3.8) is 0 Å². The Balaban J connectivity index is 1.47. The van der Waals surface area contributed by atoms with Crippen LogP contribution in [0.1, 0.15) is 11.3 Å². The molecule has 4 aromatic rings. The van der Waals surface area contributed by atoms with Crippen LogP contribution in [-0.2, 0) is 16.4 Å². The number of pyridine rings is 1. The molecule has 0 aliphatic heterocycles. The van der Waals surface area contributed by atoms with Crippen LogP contribution < -0.4 is 4.72 Å². The number of anilines is 1. The van der Waals surface area contributed by atoms with Gasteiger partial charge in [0.2, 0.25) is 0 Å². The molecule has 2 aromatic carbocycles. The third-order valence-electron chi connectivity index (χ3n) is 4.08. The summed E-state index contributed by atoms with van der Waals surface area (Å²) in [4.78, 5) is 4.45. The fraction of sp³-hybridized carbons (Fsp3) is 0.0526. The molecule has 0 spiro atoms. The predicted octanol–water partition coefficient (Wildman–Crippen LogP) is 2.45. The van der Waals surface area contributed by atoms with Gasteiger partial charge in [-0.3, -0.25) is 9.71 Å². The van der Waals surface area contributed by atoms with Gasteiger partial charge in [-0.15, -0.1) is 5.10 Å². The Labute approximate surface area is 161 Å². The maximum Gasteiger partial charge on any atom is 0.261 e. The zero-order valence-corrected chi connectivity index (χ0v) is 15.5. The van der Waals surface area contributed by atoms with Crippen molar-refractivity contribution in [1.82, 2.24) is 25.2 Å². The number of nitrogens with zero attached hydrogens (tertiary/aromatic N) is 5. The van der Waals surface area contributed by atoms with E-state index in [0.717, 1.165) is 11.3 Å². The molecule has 0 unspecified atom stereocenters. The lowest BCUT2D eigenvalue weighted by Crippen LogP contribution is -2.13. The summed E-state index contributed by atoms with van der Waals surface area (Å²) in [6, 6.07) is 19.3. The Morgan fingerprint density at radius 2 is 1.71 bits per heavy atom. The largest absolute Gasteiger partial charge is 0.280 e. The number of sulfonamides is 1. The molecule has 0 atom stereocenters. The Morgan fingerprint density at radius 3 is 2.36 bits per heavy atom. The molecular weight excluding hydrogens is 376 g/mol. The second kappa shape index (κ2) is 7.57. The SMILES string of the molecule is O=S(=O)(Nc1ccc(Cc2ccccn2)cc1)c1ccc(-n2cnnn2)cc1. The van der Waals surface area contributed by atoms with Gasteiger partial charge in [-0.25, -0.2) is 13.1 Å². The van der Waals surface area contributed by atoms with Crippen molar-refractivity contribution in [1.29, 1.82) is 0 Å². The Morgan fingerprint density at radius 1 is 0.929 bits per heavy atom. The second-order valence-corrected chi connectivity index (χ2v) is 7.73. The smallest absolute Gasteiger partial charge is 0.261 e. The summed E-state index contributed by atoms with van der Waals surface area (Å²) in [5.41, 5.74) is 3.17. The molecule has 0 aliphatic carbocycles. The lowest BCUT2D eigenvalue weighted by molar-refractivity contribution is 0.601. The fourth-order valence-corrected chi connectivity index (χ4v) is 3.73. The molecule has 1 N–H and O–H groups in total. The van der Waals surface area contributed by atoms with Crippen LogP contribution in [0.15, 0.2) is 84.1 Å². The molecule has 8 nitrogen and oxygen atoms in total. The molecule has 0 fully saturated rings. The van der Waals surface area contributed by atoms with Crippen molar-refractivity contribution in [3.05, 3.63) is 90.5 Å². The third kappa shape index (κ3) is 4.04. The van der Waals surface area contributed by atoms with E-state index in [-0.39, 0.29) is 4.90 Å². The van der Waals surface area contributed by atoms with Gasteiger partial charge in [0, 0.05) is 24.0 Å². The van der Waals surface area contributed by atoms with Gasteiger partial charge in [0.05, 0.1) is 10.6 Å². The maximum atomic E-state index is 12.6. The highest BCUT2D eigenvalue weighted by Gasteiger charge is 2.14. The van der Waals surface area contributed by atoms with E-state index >= 15 is 0 Å². The van der Waals surface area contributed by atoms with Gasteiger partial charge in [0.1, 0.15) is 6.33 Å². The van der Waals surface area contributed by atoms with E-state index in [1.165, 1.54) is 23.1 Å². The highest BCUT2D eigenvalue weighted by atomic mass is 32.2. The average molecular weight is 392 g/mol. The number of tetrazole rings is 1. The summed E-state index contributed by atoms with van der Waals surface area (Å²) in [6.07, 6.45) is 3.88. The predicted molar refractivity (Wildman–Crippen MR) is 103 cm³/mol. The summed E-state index contributed by atoms with van der Waals surface area (Å²) in [7, 11) is -3.69. The average Bonchev–Trinajstić information content (AvgIpc) is 3.25. The van der Waals surface area contributed by atoms with Crippen LogP contribution >= 0.6 is 0 Å². The fourth-order valence-electron chi connectivity index (χ4n) is 2.67. The van der Waals surface area contributed by atoms with Gasteiger partial charge in [-0.05, 0) is 64.5 Å². The molecule has 0 amide bonds. The standard InChI is InChI=1S/C19H16N6O2S/c26-28(27,19-10-8-18(9-11-19)25-14-21-23-24-25)22-16-6-4-15(5-7-16)13-17-3-1-2-12-20-17/h1-12,14,22H,13H2. The summed E-state index contributed by atoms with van der Waals surface area (Å²) in [5.74, 6) is 0. The van der Waals surface area contributed by atoms with Gasteiger partial charge in [-0.1, -0.05) is 18.2 Å². The first kappa shape index (κ1) is 17.8. The minimum atomic E-state index is -3.69. The van der Waals surface area contributed by atoms with Crippen molar-refractivity contribution >= 4 is 15.7 Å². The Hall–Kier alpha value is -3.59. The molecule has 0 saturated carbocycles. The van der Waals surface area contributed by atoms with Crippen LogP contribution in [0.3, 0.4) is 0 Å². The van der Waals surface area contributed by atoms with Crippen LogP contribution in [0.2, 0.25) is 0 Å². The first-order valence-electron chi connectivity index (χ1n) is 8.45. The van der Waals surface area contributed by atoms with Gasteiger partial charge < -0.3 is 0 Å². The maximum absolute atomic E-state index is 12.6. The minimum Gasteiger partial charge on any atom is -0.280 e. The molecule has 28 heavy (non-hydrogen) atoms. The first-order valence-corrected chi connectivity index (χ1v) is 9.94. The number of hydrogen-bond donors (Lipinski definition) is 1. The van der Waals surface area contributed by atoms with E-state index in [1.807, 2.05) is 30.3 Å². The first-order chi connectivity index (χ1) is 13.6. The normalized spacial score (nSPS) is 11.3. The van der Waals surface area contributed by atoms with E-state index in [1.54, 1.807) is 30.5 Å². The van der Waals surface area contributed by atoms with Crippen LogP contribution in [0.4, 0.5) is 5.69 Å². The zero-order valence-electron chi connectivity index (χ0n) is 14.7. The zero-order chi connectivity index (χ0) is 19.4. The van der Waals surface area contributed by atoms with Crippen molar-refractivity contribution in [2.45, 2.75) is 11.3 Å². The van der Waals surface area contributed by atoms with Gasteiger partial charge in [0.25, 0.3) is 10.0 Å². The number of nitrogens with one attached hydrogen (secondary N) is 1. The molecule has 0 radical (unpaired) electrons. The molecule has 4 rings (SSSR count). The van der Waals surface area contributed by atoms with Crippen molar-refractivity contribution in [2.24, 2.45) is 0 Å². The van der Waals surface area contributed by atoms with E-state index in [2.05, 4.69) is 25.2 Å². The van der Waals surface area contributed by atoms with Crippen LogP contribution in [-0.4, -0.2) is 33.6 Å². The molecule has 2 heterocycles. The van der Waals surface area contributed by atoms with E-state index in [4.69, 9.17) is 0 Å². The number of rotatable bonds is 6. The quantitative estimate of drug-likeness (QED) is 0.541. The molecular formula is C19H16N6O2S. The lowest BCUT2D eigenvalue weighted by Gasteiger charge is -2.09. The monoisotopic (exact) mass is 392 g/mol. The van der Waals surface area contributed by atoms with Crippen LogP contribution in [0.25, 0.3) is 5.69 Å². The Kier molecular flexibility index (Phi) is 4.81. The van der Waals surface area contributed by atoms with Gasteiger partial charge >= 0.3 is 0 Å². The topological polar surface area (TPSA) is 103 Å². The number of aromatic nitrogens is 5. The summed E-state index contributed by atoms with van der Waals surface area (Å²) in [6.45, 7) is 0. The van der Waals surface area contributed by atoms with E-state index < -0.39 is 10.0 Å². The molecule has 0 bridgehead atoms. The third-order valence-corrected chi connectivity index (χ3v) is 5.48. The molecule has 0 saturated heterocycles. The molecule has 9 heteroatoms. The molecule has 0 aliphatic rings. The molecule has 2 aromatic heterocycles. The second-order valence-electron chi connectivity index (χ2n) is 6.05. The Bertz CT molecular complexity index is 1140. The van der Waals surface area contributed by atoms with Crippen molar-refractivity contribution in [2.75, 3.05) is 4.72 Å². The summed E-state index contributed by atoms with van der Waals surface area (Å²) < 4.78 is 29.3. The lowest BCUT2D eigenvalue weighted by atomic mass is 10.1. The summed E-state index contributed by atoms with van der Waals surface area (Å²) >= 11 is 0. The van der Waals surface area contributed by atoms with Gasteiger partial charge in [0.15, 0.2) is 0 Å². The number of benzene rings is 2. The highest BCUT2D eigenvalue weighted by Crippen LogP contribution is 2.19. The van der Waals surface area contributed by atoms with Crippen molar-refractivity contribution in [3.8, 4) is 5.69 Å². The minimum absolute atomic E-state index is 0.155. The highest BCUT2D eigenvalue weighted by molar-refractivity contribution is 7.92.